The van der Waals surface area contributed by atoms with Crippen molar-refractivity contribution in [3.63, 3.8) is 0 Å². The molecule has 0 bridgehead atoms. The molecule has 1 unspecified atom stereocenters. The third-order valence-corrected chi connectivity index (χ3v) is 4.40. The average molecular weight is 271 g/mol. The molecule has 1 aliphatic rings. The number of hydrogen-bond acceptors (Lipinski definition) is 3. The molecule has 0 radical (unpaired) electrons. The van der Waals surface area contributed by atoms with E-state index in [9.17, 15) is 10.2 Å². The van der Waals surface area contributed by atoms with E-state index < -0.39 is 11.7 Å². The topological polar surface area (TPSA) is 53.4 Å². The monoisotopic (exact) mass is 271 g/mol. The number of aromatic nitrogens is 1. The van der Waals surface area contributed by atoms with Crippen LogP contribution < -0.4 is 0 Å². The second-order valence-corrected chi connectivity index (χ2v) is 5.88. The Balaban J connectivity index is 1.78. The zero-order valence-corrected chi connectivity index (χ0v) is 11.6. The van der Waals surface area contributed by atoms with Crippen molar-refractivity contribution in [3.8, 4) is 0 Å². The molecule has 1 aliphatic carbocycles. The minimum absolute atomic E-state index is 0.418. The van der Waals surface area contributed by atoms with Gasteiger partial charge in [-0.05, 0) is 25.0 Å². The molecule has 2 aromatic rings. The van der Waals surface area contributed by atoms with E-state index in [0.717, 1.165) is 35.9 Å². The van der Waals surface area contributed by atoms with Crippen LogP contribution in [0.3, 0.4) is 0 Å². The van der Waals surface area contributed by atoms with Gasteiger partial charge in [0.1, 0.15) is 0 Å². The van der Waals surface area contributed by atoms with Gasteiger partial charge in [0.05, 0.1) is 17.2 Å². The molecule has 1 heterocycles. The van der Waals surface area contributed by atoms with Gasteiger partial charge in [-0.3, -0.25) is 4.98 Å². The Labute approximate surface area is 119 Å². The maximum absolute atomic E-state index is 10.5. The summed E-state index contributed by atoms with van der Waals surface area (Å²) in [5.41, 5.74) is 0.856. The van der Waals surface area contributed by atoms with Crippen LogP contribution in [-0.2, 0) is 6.42 Å². The van der Waals surface area contributed by atoms with Gasteiger partial charge in [0, 0.05) is 17.5 Å². The Morgan fingerprint density at radius 3 is 2.60 bits per heavy atom. The van der Waals surface area contributed by atoms with Crippen molar-refractivity contribution in [3.05, 3.63) is 42.1 Å². The predicted octanol–water partition coefficient (Wildman–Crippen LogP) is 2.83. The predicted molar refractivity (Wildman–Crippen MR) is 79.5 cm³/mol. The number of benzene rings is 1. The molecule has 0 amide bonds. The molecule has 3 heteroatoms. The number of para-hydroxylation sites is 1. The van der Waals surface area contributed by atoms with Gasteiger partial charge in [-0.15, -0.1) is 0 Å². The summed E-state index contributed by atoms with van der Waals surface area (Å²) in [6.45, 7) is 0. The van der Waals surface area contributed by atoms with Crippen LogP contribution in [0, 0.1) is 0 Å². The van der Waals surface area contributed by atoms with E-state index in [2.05, 4.69) is 4.98 Å². The van der Waals surface area contributed by atoms with Crippen LogP contribution in [0.5, 0.6) is 0 Å². The molecule has 0 spiro atoms. The third kappa shape index (κ3) is 2.69. The molecule has 3 rings (SSSR count). The van der Waals surface area contributed by atoms with Gasteiger partial charge in [0.2, 0.25) is 0 Å². The summed E-state index contributed by atoms with van der Waals surface area (Å²) in [4.78, 5) is 4.57. The number of pyridine rings is 1. The molecule has 3 nitrogen and oxygen atoms in total. The first-order valence-corrected chi connectivity index (χ1v) is 7.42. The summed E-state index contributed by atoms with van der Waals surface area (Å²) < 4.78 is 0. The molecule has 1 fully saturated rings. The van der Waals surface area contributed by atoms with E-state index in [4.69, 9.17) is 0 Å². The highest BCUT2D eigenvalue weighted by atomic mass is 16.3. The van der Waals surface area contributed by atoms with Crippen molar-refractivity contribution in [1.82, 2.24) is 4.98 Å². The highest BCUT2D eigenvalue weighted by Crippen LogP contribution is 2.32. The van der Waals surface area contributed by atoms with Gasteiger partial charge in [-0.2, -0.15) is 0 Å². The van der Waals surface area contributed by atoms with Crippen LogP contribution >= 0.6 is 0 Å². The van der Waals surface area contributed by atoms with E-state index >= 15 is 0 Å². The van der Waals surface area contributed by atoms with Gasteiger partial charge in [-0.1, -0.05) is 43.5 Å². The standard InChI is InChI=1S/C17H21NO2/c19-16(17(20)10-4-1-5-11-17)12-14-9-8-13-6-2-3-7-15(13)18-14/h2-3,6-9,16,19-20H,1,4-5,10-12H2. The smallest absolute Gasteiger partial charge is 0.0909 e. The molecular weight excluding hydrogens is 250 g/mol. The van der Waals surface area contributed by atoms with Crippen LogP contribution in [0.2, 0.25) is 0 Å². The Hall–Kier alpha value is -1.45. The van der Waals surface area contributed by atoms with Crippen LogP contribution in [0.1, 0.15) is 37.8 Å². The van der Waals surface area contributed by atoms with Crippen molar-refractivity contribution >= 4 is 10.9 Å². The molecule has 20 heavy (non-hydrogen) atoms. The lowest BCUT2D eigenvalue weighted by molar-refractivity contribution is -0.0963. The Morgan fingerprint density at radius 2 is 1.80 bits per heavy atom. The SMILES string of the molecule is OC(Cc1ccc2ccccc2n1)C1(O)CCCCC1. The highest BCUT2D eigenvalue weighted by molar-refractivity contribution is 5.78. The number of fused-ring (bicyclic) bond motifs is 1. The average Bonchev–Trinajstić information content (AvgIpc) is 2.48. The normalized spacial score (nSPS) is 19.9. The maximum atomic E-state index is 10.5. The van der Waals surface area contributed by atoms with Crippen LogP contribution in [0.25, 0.3) is 10.9 Å². The fourth-order valence-electron chi connectivity index (χ4n) is 3.11. The molecule has 2 N–H and O–H groups in total. The Bertz CT molecular complexity index is 590. The quantitative estimate of drug-likeness (QED) is 0.902. The minimum Gasteiger partial charge on any atom is -0.390 e. The van der Waals surface area contributed by atoms with Crippen LogP contribution in [0.4, 0.5) is 0 Å². The van der Waals surface area contributed by atoms with E-state index in [1.807, 2.05) is 36.4 Å². The summed E-state index contributed by atoms with van der Waals surface area (Å²) in [6.07, 6.45) is 4.24. The number of aliphatic hydroxyl groups excluding tert-OH is 1. The number of hydrogen-bond donors (Lipinski definition) is 2. The first-order valence-electron chi connectivity index (χ1n) is 7.42. The summed E-state index contributed by atoms with van der Waals surface area (Å²) in [5.74, 6) is 0. The zero-order valence-electron chi connectivity index (χ0n) is 11.6. The van der Waals surface area contributed by atoms with Crippen LogP contribution in [0.15, 0.2) is 36.4 Å². The lowest BCUT2D eigenvalue weighted by Gasteiger charge is -2.36. The second kappa shape index (κ2) is 5.51. The second-order valence-electron chi connectivity index (χ2n) is 5.88. The molecular formula is C17H21NO2. The molecule has 0 aliphatic heterocycles. The number of rotatable bonds is 3. The summed E-state index contributed by atoms with van der Waals surface area (Å²) in [5, 5.41) is 22.0. The van der Waals surface area contributed by atoms with Gasteiger partial charge >= 0.3 is 0 Å². The zero-order chi connectivity index (χ0) is 14.0. The molecule has 0 saturated heterocycles. The summed E-state index contributed by atoms with van der Waals surface area (Å²) in [6, 6.07) is 11.9. The van der Waals surface area contributed by atoms with Gasteiger partial charge in [0.15, 0.2) is 0 Å². The minimum atomic E-state index is -0.925. The number of aliphatic hydroxyl groups is 2. The molecule has 1 saturated carbocycles. The van der Waals surface area contributed by atoms with Crippen molar-refractivity contribution in [2.24, 2.45) is 0 Å². The lowest BCUT2D eigenvalue weighted by atomic mass is 9.79. The summed E-state index contributed by atoms with van der Waals surface area (Å²) in [7, 11) is 0. The van der Waals surface area contributed by atoms with Gasteiger partial charge in [0.25, 0.3) is 0 Å². The lowest BCUT2D eigenvalue weighted by Crippen LogP contribution is -2.45. The molecule has 1 aromatic carbocycles. The molecule has 106 valence electrons. The third-order valence-electron chi connectivity index (χ3n) is 4.40. The van der Waals surface area contributed by atoms with Crippen LogP contribution in [-0.4, -0.2) is 26.9 Å². The van der Waals surface area contributed by atoms with Crippen molar-refractivity contribution in [2.45, 2.75) is 50.2 Å². The van der Waals surface area contributed by atoms with E-state index in [0.29, 0.717) is 19.3 Å². The highest BCUT2D eigenvalue weighted by Gasteiger charge is 2.36. The fourth-order valence-corrected chi connectivity index (χ4v) is 3.11. The van der Waals surface area contributed by atoms with E-state index in [1.165, 1.54) is 0 Å². The van der Waals surface area contributed by atoms with Gasteiger partial charge < -0.3 is 10.2 Å². The molecule has 1 atom stereocenters. The van der Waals surface area contributed by atoms with Crippen molar-refractivity contribution < 1.29 is 10.2 Å². The fraction of sp³-hybridized carbons (Fsp3) is 0.471. The first-order chi connectivity index (χ1) is 9.67. The largest absolute Gasteiger partial charge is 0.390 e. The van der Waals surface area contributed by atoms with Crippen molar-refractivity contribution in [1.29, 1.82) is 0 Å². The maximum Gasteiger partial charge on any atom is 0.0909 e. The Morgan fingerprint density at radius 1 is 1.05 bits per heavy atom. The number of nitrogens with zero attached hydrogens (tertiary/aromatic N) is 1. The summed E-state index contributed by atoms with van der Waals surface area (Å²) >= 11 is 0. The van der Waals surface area contributed by atoms with E-state index in [1.54, 1.807) is 0 Å². The van der Waals surface area contributed by atoms with Gasteiger partial charge in [-0.25, -0.2) is 0 Å². The van der Waals surface area contributed by atoms with Crippen molar-refractivity contribution in [2.75, 3.05) is 0 Å². The van der Waals surface area contributed by atoms with E-state index in [-0.39, 0.29) is 0 Å². The molecule has 1 aromatic heterocycles. The Kier molecular flexibility index (Phi) is 3.72. The first kappa shape index (κ1) is 13.5.